The third-order valence-electron chi connectivity index (χ3n) is 6.23. The molecular formula is C25H24ClN5O4. The van der Waals surface area contributed by atoms with Gasteiger partial charge in [0.05, 0.1) is 18.3 Å². The lowest BCUT2D eigenvalue weighted by atomic mass is 9.97. The zero-order valence-electron chi connectivity index (χ0n) is 19.2. The Balaban J connectivity index is 1.24. The molecule has 9 nitrogen and oxygen atoms in total. The van der Waals surface area contributed by atoms with Crippen LogP contribution in [0.15, 0.2) is 53.1 Å². The number of hydrogen-bond acceptors (Lipinski definition) is 6. The van der Waals surface area contributed by atoms with Gasteiger partial charge in [0.15, 0.2) is 0 Å². The van der Waals surface area contributed by atoms with Gasteiger partial charge in [-0.25, -0.2) is 4.98 Å². The maximum atomic E-state index is 13.0. The van der Waals surface area contributed by atoms with Crippen molar-refractivity contribution in [1.82, 2.24) is 19.6 Å². The first-order chi connectivity index (χ1) is 16.9. The molecule has 180 valence electrons. The molecule has 0 aliphatic carbocycles. The monoisotopic (exact) mass is 493 g/mol. The number of imidazole rings is 1. The molecule has 0 spiro atoms. The highest BCUT2D eigenvalue weighted by Crippen LogP contribution is 2.24. The number of nitro groups is 1. The lowest BCUT2D eigenvalue weighted by molar-refractivity contribution is -0.402. The number of nitrogens with one attached hydrogen (secondary N) is 1. The summed E-state index contributed by atoms with van der Waals surface area (Å²) in [5, 5.41) is 14.4. The van der Waals surface area contributed by atoms with Crippen LogP contribution in [0.25, 0.3) is 5.65 Å². The van der Waals surface area contributed by atoms with Crippen molar-refractivity contribution in [1.29, 1.82) is 0 Å². The zero-order chi connectivity index (χ0) is 24.5. The number of amides is 1. The Bertz CT molecular complexity index is 1430. The molecule has 35 heavy (non-hydrogen) atoms. The number of halogens is 1. The number of rotatable bonds is 7. The van der Waals surface area contributed by atoms with Gasteiger partial charge in [0.1, 0.15) is 22.0 Å². The average Bonchev–Trinajstić information content (AvgIpc) is 3.46. The maximum Gasteiger partial charge on any atom is 0.433 e. The molecule has 4 aromatic rings. The third kappa shape index (κ3) is 4.78. The van der Waals surface area contributed by atoms with Gasteiger partial charge < -0.3 is 9.73 Å². The highest BCUT2D eigenvalue weighted by atomic mass is 35.5. The van der Waals surface area contributed by atoms with Crippen molar-refractivity contribution in [2.24, 2.45) is 0 Å². The van der Waals surface area contributed by atoms with Gasteiger partial charge in [-0.1, -0.05) is 36.7 Å². The van der Waals surface area contributed by atoms with E-state index in [0.717, 1.165) is 30.8 Å². The van der Waals surface area contributed by atoms with Crippen LogP contribution >= 0.6 is 11.6 Å². The van der Waals surface area contributed by atoms with Gasteiger partial charge in [-0.15, -0.1) is 0 Å². The van der Waals surface area contributed by atoms with E-state index in [0.29, 0.717) is 41.6 Å². The molecular weight excluding hydrogens is 470 g/mol. The van der Waals surface area contributed by atoms with E-state index in [1.54, 1.807) is 28.8 Å². The molecule has 0 saturated heterocycles. The number of carbonyl (C=O) groups is 1. The maximum absolute atomic E-state index is 13.0. The summed E-state index contributed by atoms with van der Waals surface area (Å²) in [5.74, 6) is 0.177. The average molecular weight is 494 g/mol. The number of hydrogen-bond donors (Lipinski definition) is 1. The minimum absolute atomic E-state index is 0.173. The Labute approximate surface area is 206 Å². The highest BCUT2D eigenvalue weighted by Gasteiger charge is 2.21. The van der Waals surface area contributed by atoms with Crippen molar-refractivity contribution in [2.45, 2.75) is 39.4 Å². The number of benzene rings is 1. The van der Waals surface area contributed by atoms with Crippen molar-refractivity contribution in [3.8, 4) is 0 Å². The fraction of sp³-hybridized carbons (Fsp3) is 0.280. The molecule has 1 N–H and O–H groups in total. The van der Waals surface area contributed by atoms with E-state index in [4.69, 9.17) is 16.0 Å². The molecule has 3 aromatic heterocycles. The summed E-state index contributed by atoms with van der Waals surface area (Å²) in [7, 11) is 0. The number of fused-ring (bicyclic) bond motifs is 2. The van der Waals surface area contributed by atoms with E-state index in [1.807, 2.05) is 13.0 Å². The predicted octanol–water partition coefficient (Wildman–Crippen LogP) is 4.54. The summed E-state index contributed by atoms with van der Waals surface area (Å²) >= 11 is 6.08. The van der Waals surface area contributed by atoms with Gasteiger partial charge in [-0.3, -0.25) is 24.2 Å². The lowest BCUT2D eigenvalue weighted by Crippen LogP contribution is -2.30. The molecule has 4 heterocycles. The SMILES string of the molecule is CCc1nc2cc(Cl)ccn2c1C(=O)NCc1ccc2c(c1)CCN(Cc1ccc([N+](=O)[O-])o1)C2. The topological polar surface area (TPSA) is 106 Å². The normalized spacial score (nSPS) is 13.7. The Morgan fingerprint density at radius 1 is 1.23 bits per heavy atom. The molecule has 1 aliphatic rings. The summed E-state index contributed by atoms with van der Waals surface area (Å²) in [5.41, 5.74) is 5.41. The summed E-state index contributed by atoms with van der Waals surface area (Å²) in [6.07, 6.45) is 3.26. The zero-order valence-corrected chi connectivity index (χ0v) is 19.9. The molecule has 0 unspecified atom stereocenters. The summed E-state index contributed by atoms with van der Waals surface area (Å²) < 4.78 is 7.07. The standard InChI is InChI=1S/C25H24ClN5O4/c1-2-21-24(30-10-8-19(26)12-22(30)28-21)25(32)27-13-16-3-4-18-14-29(9-7-17(18)11-16)15-20-5-6-23(35-20)31(33)34/h3-6,8,10-12H,2,7,9,13-15H2,1H3,(H,27,32). The molecule has 0 radical (unpaired) electrons. The van der Waals surface area contributed by atoms with Crippen LogP contribution in [0.4, 0.5) is 5.88 Å². The summed E-state index contributed by atoms with van der Waals surface area (Å²) in [6.45, 7) is 4.47. The fourth-order valence-corrected chi connectivity index (χ4v) is 4.66. The van der Waals surface area contributed by atoms with Crippen molar-refractivity contribution in [2.75, 3.05) is 6.54 Å². The van der Waals surface area contributed by atoms with Crippen molar-refractivity contribution < 1.29 is 14.1 Å². The molecule has 1 aliphatic heterocycles. The fourth-order valence-electron chi connectivity index (χ4n) is 4.50. The van der Waals surface area contributed by atoms with Crippen LogP contribution in [0.1, 0.15) is 45.6 Å². The smallest absolute Gasteiger partial charge is 0.404 e. The van der Waals surface area contributed by atoms with Crippen LogP contribution < -0.4 is 5.32 Å². The quantitative estimate of drug-likeness (QED) is 0.299. The molecule has 1 amide bonds. The lowest BCUT2D eigenvalue weighted by Gasteiger charge is -2.28. The van der Waals surface area contributed by atoms with Crippen molar-refractivity contribution in [3.63, 3.8) is 0 Å². The number of pyridine rings is 1. The van der Waals surface area contributed by atoms with Crippen LogP contribution in [0.2, 0.25) is 5.02 Å². The van der Waals surface area contributed by atoms with Gasteiger partial charge in [0.2, 0.25) is 0 Å². The van der Waals surface area contributed by atoms with E-state index in [2.05, 4.69) is 27.3 Å². The first-order valence-electron chi connectivity index (χ1n) is 11.4. The van der Waals surface area contributed by atoms with Gasteiger partial charge in [-0.2, -0.15) is 0 Å². The van der Waals surface area contributed by atoms with Gasteiger partial charge in [0.25, 0.3) is 5.91 Å². The van der Waals surface area contributed by atoms with Crippen LogP contribution in [0, 0.1) is 10.1 Å². The molecule has 0 bridgehead atoms. The Morgan fingerprint density at radius 2 is 2.09 bits per heavy atom. The molecule has 1 aromatic carbocycles. The molecule has 10 heteroatoms. The van der Waals surface area contributed by atoms with E-state index < -0.39 is 4.92 Å². The predicted molar refractivity (Wildman–Crippen MR) is 130 cm³/mol. The number of carbonyl (C=O) groups excluding carboxylic acids is 1. The first-order valence-corrected chi connectivity index (χ1v) is 11.8. The van der Waals surface area contributed by atoms with E-state index in [-0.39, 0.29) is 11.8 Å². The number of nitrogens with zero attached hydrogens (tertiary/aromatic N) is 4. The van der Waals surface area contributed by atoms with Crippen molar-refractivity contribution in [3.05, 3.63) is 97.6 Å². The number of aromatic nitrogens is 2. The second-order valence-electron chi connectivity index (χ2n) is 8.58. The molecule has 0 fully saturated rings. The Kier molecular flexibility index (Phi) is 6.27. The van der Waals surface area contributed by atoms with Crippen LogP contribution in [0.5, 0.6) is 0 Å². The van der Waals surface area contributed by atoms with Crippen LogP contribution in [-0.4, -0.2) is 31.7 Å². The van der Waals surface area contributed by atoms with Gasteiger partial charge in [-0.05, 0) is 41.7 Å². The van der Waals surface area contributed by atoms with Crippen LogP contribution in [0.3, 0.4) is 0 Å². The number of furan rings is 1. The Hall–Kier alpha value is -3.69. The molecule has 0 saturated carbocycles. The van der Waals surface area contributed by atoms with E-state index >= 15 is 0 Å². The second kappa shape index (κ2) is 9.52. The first kappa shape index (κ1) is 23.1. The third-order valence-corrected chi connectivity index (χ3v) is 6.47. The summed E-state index contributed by atoms with van der Waals surface area (Å²) in [6, 6.07) is 12.8. The highest BCUT2D eigenvalue weighted by molar-refractivity contribution is 6.30. The second-order valence-corrected chi connectivity index (χ2v) is 9.01. The minimum atomic E-state index is -0.524. The van der Waals surface area contributed by atoms with E-state index in [9.17, 15) is 14.9 Å². The minimum Gasteiger partial charge on any atom is -0.404 e. The Morgan fingerprint density at radius 3 is 2.86 bits per heavy atom. The largest absolute Gasteiger partial charge is 0.433 e. The van der Waals surface area contributed by atoms with Crippen molar-refractivity contribution >= 4 is 29.0 Å². The van der Waals surface area contributed by atoms with Crippen LogP contribution in [-0.2, 0) is 32.5 Å². The number of aryl methyl sites for hydroxylation is 1. The van der Waals surface area contributed by atoms with Gasteiger partial charge in [0, 0.05) is 36.9 Å². The van der Waals surface area contributed by atoms with Gasteiger partial charge >= 0.3 is 5.88 Å². The molecule has 5 rings (SSSR count). The molecule has 0 atom stereocenters. The summed E-state index contributed by atoms with van der Waals surface area (Å²) in [4.78, 5) is 30.1. The van der Waals surface area contributed by atoms with E-state index in [1.165, 1.54) is 17.2 Å².